The summed E-state index contributed by atoms with van der Waals surface area (Å²) in [6.07, 6.45) is 0.752. The number of carbonyl (C=O) groups is 4. The van der Waals surface area contributed by atoms with Gasteiger partial charge in [0.05, 0.1) is 0 Å². The first kappa shape index (κ1) is 50.6. The number of hydrogen-bond acceptors (Lipinski definition) is 15. The minimum absolute atomic E-state index is 0.0339. The maximum Gasteiger partial charge on any atom is 0.356 e. The number of fused-ring (bicyclic) bond motifs is 1. The van der Waals surface area contributed by atoms with E-state index < -0.39 is 52.0 Å². The van der Waals surface area contributed by atoms with Gasteiger partial charge in [-0.05, 0) is 44.9 Å². The lowest BCUT2D eigenvalue weighted by molar-refractivity contribution is -0.154. The molecule has 0 spiro atoms. The van der Waals surface area contributed by atoms with Crippen LogP contribution in [-0.2, 0) is 40.8 Å². The second-order valence-corrected chi connectivity index (χ2v) is 19.5. The van der Waals surface area contributed by atoms with Crippen LogP contribution in [-0.4, -0.2) is 84.9 Å². The Hall–Kier alpha value is -8.33. The van der Waals surface area contributed by atoms with Gasteiger partial charge in [0.1, 0.15) is 35.5 Å². The number of anilines is 1. The number of β-lactam (4-membered cyclic amide) rings is 1. The first-order valence-corrected chi connectivity index (χ1v) is 26.0. The van der Waals surface area contributed by atoms with Crippen molar-refractivity contribution in [2.75, 3.05) is 24.7 Å². The largest absolute Gasteiger partial charge is 0.448 e. The van der Waals surface area contributed by atoms with E-state index >= 15 is 0 Å². The molecule has 74 heavy (non-hydrogen) atoms. The Bertz CT molecular complexity index is 3240. The van der Waals surface area contributed by atoms with Crippen molar-refractivity contribution in [3.8, 4) is 0 Å². The number of esters is 1. The number of hydrogen-bond donors (Lipinski definition) is 4. The van der Waals surface area contributed by atoms with Crippen LogP contribution in [0.2, 0.25) is 0 Å². The van der Waals surface area contributed by atoms with E-state index in [1.165, 1.54) is 42.0 Å². The van der Waals surface area contributed by atoms with E-state index in [9.17, 15) is 28.8 Å². The number of aromatic nitrogens is 4. The van der Waals surface area contributed by atoms with Gasteiger partial charge in [-0.25, -0.2) is 14.9 Å². The first-order chi connectivity index (χ1) is 36.1. The highest BCUT2D eigenvalue weighted by molar-refractivity contribution is 8.02. The molecular weight excluding hydrogens is 999 g/mol. The minimum atomic E-state index is -1.10. The summed E-state index contributed by atoms with van der Waals surface area (Å²) in [4.78, 5) is 91.6. The second kappa shape index (κ2) is 23.0. The van der Waals surface area contributed by atoms with E-state index in [2.05, 4.69) is 31.3 Å². The molecule has 0 aliphatic carbocycles. The number of ether oxygens (including phenoxy) is 1. The Labute approximate surface area is 436 Å². The van der Waals surface area contributed by atoms with Gasteiger partial charge in [0.2, 0.25) is 5.91 Å². The predicted molar refractivity (Wildman–Crippen MR) is 284 cm³/mol. The molecule has 7 aromatic rings. The molecule has 17 nitrogen and oxygen atoms in total. The number of amides is 3. The lowest BCUT2D eigenvalue weighted by atomic mass is 9.77. The van der Waals surface area contributed by atoms with Gasteiger partial charge in [0.15, 0.2) is 22.1 Å². The SMILES string of the molecule is CO/N=C(/C(=O)NC1C(=O)N2C(C(=O)OC(c3ccccc3)c3ccccc3)=C(/C=C/Sc3n[nH]c(=O)c(=O)n3CCNC(C)=O)CSC12)c1csc(NC(c2ccccc2)(c2ccccc2)c2ccccc2)n1. The van der Waals surface area contributed by atoms with Gasteiger partial charge in [-0.3, -0.25) is 33.4 Å². The van der Waals surface area contributed by atoms with Gasteiger partial charge < -0.3 is 25.5 Å². The summed E-state index contributed by atoms with van der Waals surface area (Å²) >= 11 is 3.56. The van der Waals surface area contributed by atoms with Crippen LogP contribution in [0, 0.1) is 0 Å². The highest BCUT2D eigenvalue weighted by atomic mass is 32.2. The molecule has 20 heteroatoms. The maximum absolute atomic E-state index is 14.7. The smallest absolute Gasteiger partial charge is 0.356 e. The molecule has 2 aliphatic rings. The average molecular weight is 1050 g/mol. The molecule has 374 valence electrons. The highest BCUT2D eigenvalue weighted by Crippen LogP contribution is 2.43. The van der Waals surface area contributed by atoms with Crippen LogP contribution in [0.25, 0.3) is 0 Å². The molecule has 2 atom stereocenters. The number of nitrogens with zero attached hydrogens (tertiary/aromatic N) is 5. The van der Waals surface area contributed by atoms with Crippen LogP contribution in [0.15, 0.2) is 200 Å². The molecule has 2 aromatic heterocycles. The molecule has 1 saturated heterocycles. The molecule has 0 bridgehead atoms. The third kappa shape index (κ3) is 10.7. The molecule has 5 aromatic carbocycles. The summed E-state index contributed by atoms with van der Waals surface area (Å²) in [6.45, 7) is 1.36. The zero-order chi connectivity index (χ0) is 51.6. The summed E-state index contributed by atoms with van der Waals surface area (Å²) in [6, 6.07) is 47.3. The summed E-state index contributed by atoms with van der Waals surface area (Å²) in [7, 11) is 1.31. The first-order valence-electron chi connectivity index (χ1n) is 23.2. The van der Waals surface area contributed by atoms with Crippen molar-refractivity contribution in [1.82, 2.24) is 35.3 Å². The molecule has 4 N–H and O–H groups in total. The van der Waals surface area contributed by atoms with Gasteiger partial charge in [-0.15, -0.1) is 28.2 Å². The van der Waals surface area contributed by atoms with Gasteiger partial charge in [-0.1, -0.05) is 169 Å². The fourth-order valence-electron chi connectivity index (χ4n) is 8.62. The zero-order valence-corrected chi connectivity index (χ0v) is 42.2. The number of H-pyrrole nitrogens is 1. The predicted octanol–water partition coefficient (Wildman–Crippen LogP) is 6.57. The summed E-state index contributed by atoms with van der Waals surface area (Å²) in [5.41, 5.74) is 1.91. The number of allylic oxidation sites excluding steroid dienone is 1. The van der Waals surface area contributed by atoms with E-state index in [-0.39, 0.29) is 47.0 Å². The third-order valence-corrected chi connectivity index (χ3v) is 14.9. The molecule has 4 heterocycles. The quantitative estimate of drug-likeness (QED) is 0.0128. The van der Waals surface area contributed by atoms with Crippen LogP contribution >= 0.6 is 34.9 Å². The Balaban J connectivity index is 1.000. The van der Waals surface area contributed by atoms with Gasteiger partial charge in [0.25, 0.3) is 11.8 Å². The van der Waals surface area contributed by atoms with Crippen LogP contribution in [0.3, 0.4) is 0 Å². The second-order valence-electron chi connectivity index (χ2n) is 16.7. The number of nitrogens with one attached hydrogen (secondary N) is 4. The van der Waals surface area contributed by atoms with E-state index in [0.29, 0.717) is 21.8 Å². The Morgan fingerprint density at radius 3 is 1.97 bits per heavy atom. The zero-order valence-electron chi connectivity index (χ0n) is 39.7. The van der Waals surface area contributed by atoms with Crippen molar-refractivity contribution in [3.05, 3.63) is 234 Å². The Morgan fingerprint density at radius 1 is 0.851 bits per heavy atom. The molecule has 9 rings (SSSR count). The fraction of sp³-hybridized carbons (Fsp3) is 0.167. The van der Waals surface area contributed by atoms with Gasteiger partial charge in [0, 0.05) is 31.1 Å². The summed E-state index contributed by atoms with van der Waals surface area (Å²) < 4.78 is 7.46. The number of aromatic amines is 1. The number of thiazole rings is 1. The molecule has 2 aliphatic heterocycles. The van der Waals surface area contributed by atoms with Crippen LogP contribution in [0.4, 0.5) is 5.13 Å². The molecule has 1 fully saturated rings. The van der Waals surface area contributed by atoms with E-state index in [1.807, 2.05) is 152 Å². The van der Waals surface area contributed by atoms with Gasteiger partial charge in [-0.2, -0.15) is 0 Å². The van der Waals surface area contributed by atoms with Crippen molar-refractivity contribution in [3.63, 3.8) is 0 Å². The van der Waals surface area contributed by atoms with Crippen molar-refractivity contribution >= 4 is 69.4 Å². The van der Waals surface area contributed by atoms with E-state index in [0.717, 1.165) is 33.0 Å². The number of benzene rings is 5. The monoisotopic (exact) mass is 1050 g/mol. The van der Waals surface area contributed by atoms with Crippen LogP contribution in [0.5, 0.6) is 0 Å². The van der Waals surface area contributed by atoms with E-state index in [1.54, 1.807) is 16.9 Å². The molecule has 2 unspecified atom stereocenters. The maximum atomic E-state index is 14.7. The lowest BCUT2D eigenvalue weighted by Gasteiger charge is -2.49. The number of carbonyl (C=O) groups excluding carboxylic acids is 4. The minimum Gasteiger partial charge on any atom is -0.448 e. The van der Waals surface area contributed by atoms with E-state index in [4.69, 9.17) is 14.6 Å². The highest BCUT2D eigenvalue weighted by Gasteiger charge is 2.55. The Kier molecular flexibility index (Phi) is 15.8. The summed E-state index contributed by atoms with van der Waals surface area (Å²) in [5, 5.41) is 22.6. The Morgan fingerprint density at radius 2 is 1.42 bits per heavy atom. The fourth-order valence-corrected chi connectivity index (χ4v) is 11.4. The number of oxime groups is 1. The van der Waals surface area contributed by atoms with Crippen LogP contribution < -0.4 is 27.1 Å². The van der Waals surface area contributed by atoms with Crippen LogP contribution in [0.1, 0.15) is 46.5 Å². The standard InChI is InChI=1S/C54H47N9O8S3/c1-34(64)55-29-30-62-49(68)47(66)59-60-53(62)72-31-28-37-32-73-50-43(48(67)63(50)44(37)51(69)71-45(35-18-8-3-9-19-35)36-20-10-4-11-21-36)57-46(65)42(61-70-2)41-33-74-52(56-41)58-54(38-22-12-5-13-23-38,39-24-14-6-15-25-39)40-26-16-7-17-27-40/h3-28,31,33,43,45,50H,29-30,32H2,1-2H3,(H,55,64)(H,56,58)(H,57,65)(H,59,66)/b31-28+,61-42+. The normalized spacial score (nSPS) is 15.6. The number of rotatable bonds is 19. The molecule has 3 amide bonds. The molecular formula is C54H47N9O8S3. The molecule has 0 radical (unpaired) electrons. The average Bonchev–Trinajstić information content (AvgIpc) is 3.91. The topological polar surface area (TPSA) is 219 Å². The third-order valence-electron chi connectivity index (χ3n) is 12.0. The number of thioether (sulfide) groups is 2. The van der Waals surface area contributed by atoms with Crippen molar-refractivity contribution in [2.24, 2.45) is 5.16 Å². The lowest BCUT2D eigenvalue weighted by Crippen LogP contribution is -2.71. The van der Waals surface area contributed by atoms with Crippen molar-refractivity contribution in [1.29, 1.82) is 0 Å². The molecule has 0 saturated carbocycles. The van der Waals surface area contributed by atoms with Gasteiger partial charge >= 0.3 is 17.1 Å². The summed E-state index contributed by atoms with van der Waals surface area (Å²) in [5.74, 6) is -2.24. The van der Waals surface area contributed by atoms with Crippen molar-refractivity contribution in [2.45, 2.75) is 41.7 Å². The van der Waals surface area contributed by atoms with Crippen molar-refractivity contribution < 1.29 is 28.8 Å².